The zero-order valence-electron chi connectivity index (χ0n) is 16.0. The molecule has 2 aromatic carbocycles. The Labute approximate surface area is 178 Å². The zero-order chi connectivity index (χ0) is 20.3. The molecule has 0 atom stereocenters. The van der Waals surface area contributed by atoms with E-state index in [1.54, 1.807) is 23.1 Å². The fourth-order valence-electron chi connectivity index (χ4n) is 3.93. The van der Waals surface area contributed by atoms with Crippen molar-refractivity contribution in [3.05, 3.63) is 64.1 Å². The molecular weight excluding hydrogens is 436 g/mol. The van der Waals surface area contributed by atoms with Gasteiger partial charge in [-0.05, 0) is 48.7 Å². The molecule has 0 bridgehead atoms. The summed E-state index contributed by atoms with van der Waals surface area (Å²) in [5, 5.41) is 3.11. The number of benzene rings is 2. The van der Waals surface area contributed by atoms with E-state index in [-0.39, 0.29) is 17.4 Å². The van der Waals surface area contributed by atoms with Crippen molar-refractivity contribution in [2.24, 2.45) is 0 Å². The first-order valence-corrected chi connectivity index (χ1v) is 10.5. The highest BCUT2D eigenvalue weighted by Crippen LogP contribution is 2.35. The first kappa shape index (κ1) is 19.9. The van der Waals surface area contributed by atoms with Crippen LogP contribution in [0.1, 0.15) is 28.8 Å². The number of halogens is 1. The van der Waals surface area contributed by atoms with Crippen molar-refractivity contribution in [1.29, 1.82) is 0 Å². The van der Waals surface area contributed by atoms with Crippen LogP contribution in [0.3, 0.4) is 0 Å². The molecule has 2 aliphatic rings. The lowest BCUT2D eigenvalue weighted by Crippen LogP contribution is -2.44. The summed E-state index contributed by atoms with van der Waals surface area (Å²) in [6.45, 7) is 2.76. The van der Waals surface area contributed by atoms with Crippen molar-refractivity contribution < 1.29 is 19.1 Å². The summed E-state index contributed by atoms with van der Waals surface area (Å²) in [7, 11) is 0. The van der Waals surface area contributed by atoms with Crippen LogP contribution in [0, 0.1) is 0 Å². The van der Waals surface area contributed by atoms with Crippen LogP contribution in [0.25, 0.3) is 0 Å². The van der Waals surface area contributed by atoms with Crippen LogP contribution in [0.4, 0.5) is 10.5 Å². The summed E-state index contributed by atoms with van der Waals surface area (Å²) in [4.78, 5) is 26.2. The van der Waals surface area contributed by atoms with Crippen LogP contribution in [0.2, 0.25) is 0 Å². The normalized spacial score (nSPS) is 18.4. The second kappa shape index (κ2) is 8.55. The molecule has 2 fully saturated rings. The molecule has 2 aromatic rings. The standard InChI is InChI=1S/C22H23BrN2O4/c23-18-6-4-17(5-7-18)22(8-11-28-12-9-22)15-24-20(26)16-2-1-3-19(14-16)25-10-13-29-21(25)27/h1-7,14H,8-13,15H2,(H,24,26). The van der Waals surface area contributed by atoms with E-state index in [2.05, 4.69) is 33.4 Å². The number of hydrogen-bond donors (Lipinski definition) is 1. The molecule has 7 heteroatoms. The molecule has 2 aliphatic heterocycles. The topological polar surface area (TPSA) is 67.9 Å². The number of nitrogens with one attached hydrogen (secondary N) is 1. The molecule has 6 nitrogen and oxygen atoms in total. The van der Waals surface area contributed by atoms with Crippen LogP contribution >= 0.6 is 15.9 Å². The van der Waals surface area contributed by atoms with Gasteiger partial charge < -0.3 is 14.8 Å². The number of carbonyl (C=O) groups excluding carboxylic acids is 2. The van der Waals surface area contributed by atoms with Gasteiger partial charge in [-0.3, -0.25) is 9.69 Å². The monoisotopic (exact) mass is 458 g/mol. The molecule has 0 radical (unpaired) electrons. The average molecular weight is 459 g/mol. The highest BCUT2D eigenvalue weighted by atomic mass is 79.9. The highest BCUT2D eigenvalue weighted by Gasteiger charge is 2.35. The summed E-state index contributed by atoms with van der Waals surface area (Å²) in [5.74, 6) is -0.151. The van der Waals surface area contributed by atoms with Crippen LogP contribution < -0.4 is 10.2 Å². The molecule has 0 unspecified atom stereocenters. The summed E-state index contributed by atoms with van der Waals surface area (Å²) >= 11 is 3.49. The number of ether oxygens (including phenoxy) is 2. The minimum Gasteiger partial charge on any atom is -0.447 e. The molecule has 2 saturated heterocycles. The molecule has 29 heavy (non-hydrogen) atoms. The van der Waals surface area contributed by atoms with Crippen molar-refractivity contribution >= 4 is 33.6 Å². The number of amides is 2. The van der Waals surface area contributed by atoms with Gasteiger partial charge in [0, 0.05) is 40.9 Å². The van der Waals surface area contributed by atoms with E-state index in [9.17, 15) is 9.59 Å². The zero-order valence-corrected chi connectivity index (χ0v) is 17.6. The van der Waals surface area contributed by atoms with Gasteiger partial charge in [0.1, 0.15) is 6.61 Å². The van der Waals surface area contributed by atoms with Crippen molar-refractivity contribution in [2.45, 2.75) is 18.3 Å². The Morgan fingerprint density at radius 3 is 2.55 bits per heavy atom. The van der Waals surface area contributed by atoms with E-state index in [4.69, 9.17) is 9.47 Å². The van der Waals surface area contributed by atoms with Crippen molar-refractivity contribution in [2.75, 3.05) is 37.8 Å². The number of carbonyl (C=O) groups is 2. The maximum atomic E-state index is 12.9. The summed E-state index contributed by atoms with van der Waals surface area (Å²) in [6.07, 6.45) is 1.34. The fraction of sp³-hybridized carbons (Fsp3) is 0.364. The van der Waals surface area contributed by atoms with Crippen LogP contribution in [-0.4, -0.2) is 44.9 Å². The number of hydrogen-bond acceptors (Lipinski definition) is 4. The third-order valence-electron chi connectivity index (χ3n) is 5.67. The molecule has 0 saturated carbocycles. The van der Waals surface area contributed by atoms with Crippen molar-refractivity contribution in [3.8, 4) is 0 Å². The molecule has 4 rings (SSSR count). The Hall–Kier alpha value is -2.38. The van der Waals surface area contributed by atoms with Crippen LogP contribution in [-0.2, 0) is 14.9 Å². The molecule has 0 aromatic heterocycles. The molecule has 2 heterocycles. The lowest BCUT2D eigenvalue weighted by molar-refractivity contribution is 0.0487. The van der Waals surface area contributed by atoms with E-state index >= 15 is 0 Å². The molecule has 2 amide bonds. The smallest absolute Gasteiger partial charge is 0.414 e. The first-order valence-electron chi connectivity index (χ1n) is 9.74. The van der Waals surface area contributed by atoms with Gasteiger partial charge in [0.2, 0.25) is 0 Å². The molecular formula is C22H23BrN2O4. The molecule has 1 N–H and O–H groups in total. The fourth-order valence-corrected chi connectivity index (χ4v) is 4.19. The first-order chi connectivity index (χ1) is 14.1. The minimum absolute atomic E-state index is 0.148. The predicted molar refractivity (Wildman–Crippen MR) is 113 cm³/mol. The van der Waals surface area contributed by atoms with E-state index in [1.807, 2.05) is 18.2 Å². The molecule has 0 spiro atoms. The third-order valence-corrected chi connectivity index (χ3v) is 6.20. The lowest BCUT2D eigenvalue weighted by atomic mass is 9.74. The maximum Gasteiger partial charge on any atom is 0.414 e. The van der Waals surface area contributed by atoms with E-state index < -0.39 is 0 Å². The van der Waals surface area contributed by atoms with Gasteiger partial charge in [0.15, 0.2) is 0 Å². The number of anilines is 1. The highest BCUT2D eigenvalue weighted by molar-refractivity contribution is 9.10. The summed E-state index contributed by atoms with van der Waals surface area (Å²) < 4.78 is 11.6. The van der Waals surface area contributed by atoms with Crippen LogP contribution in [0.15, 0.2) is 53.0 Å². The summed E-state index contributed by atoms with van der Waals surface area (Å²) in [6, 6.07) is 15.4. The SMILES string of the molecule is O=C(NCC1(c2ccc(Br)cc2)CCOCC1)c1cccc(N2CCOC2=O)c1. The maximum absolute atomic E-state index is 12.9. The van der Waals surface area contributed by atoms with Gasteiger partial charge in [0.05, 0.1) is 6.54 Å². The average Bonchev–Trinajstić information content (AvgIpc) is 3.19. The second-order valence-electron chi connectivity index (χ2n) is 7.40. The van der Waals surface area contributed by atoms with E-state index in [1.165, 1.54) is 5.56 Å². The Morgan fingerprint density at radius 2 is 1.86 bits per heavy atom. The van der Waals surface area contributed by atoms with Gasteiger partial charge in [-0.15, -0.1) is 0 Å². The Bertz CT molecular complexity index is 894. The van der Waals surface area contributed by atoms with Gasteiger partial charge in [-0.25, -0.2) is 4.79 Å². The van der Waals surface area contributed by atoms with Crippen molar-refractivity contribution in [1.82, 2.24) is 5.32 Å². The number of nitrogens with zero attached hydrogens (tertiary/aromatic N) is 1. The number of cyclic esters (lactones) is 1. The Balaban J connectivity index is 1.50. The Kier molecular flexibility index (Phi) is 5.87. The van der Waals surface area contributed by atoms with Crippen molar-refractivity contribution in [3.63, 3.8) is 0 Å². The predicted octanol–water partition coefficient (Wildman–Crippen LogP) is 3.88. The lowest BCUT2D eigenvalue weighted by Gasteiger charge is -2.38. The summed E-state index contributed by atoms with van der Waals surface area (Å²) in [5.41, 5.74) is 2.26. The molecule has 0 aliphatic carbocycles. The van der Waals surface area contributed by atoms with Crippen LogP contribution in [0.5, 0.6) is 0 Å². The quantitative estimate of drug-likeness (QED) is 0.737. The van der Waals surface area contributed by atoms with E-state index in [0.29, 0.717) is 44.2 Å². The van der Waals surface area contributed by atoms with E-state index in [0.717, 1.165) is 17.3 Å². The Morgan fingerprint density at radius 1 is 1.10 bits per heavy atom. The largest absolute Gasteiger partial charge is 0.447 e. The van der Waals surface area contributed by atoms with Gasteiger partial charge in [-0.1, -0.05) is 34.1 Å². The second-order valence-corrected chi connectivity index (χ2v) is 8.31. The minimum atomic E-state index is -0.376. The van der Waals surface area contributed by atoms with Gasteiger partial charge in [0.25, 0.3) is 5.91 Å². The van der Waals surface area contributed by atoms with Gasteiger partial charge >= 0.3 is 6.09 Å². The third kappa shape index (κ3) is 4.31. The van der Waals surface area contributed by atoms with Gasteiger partial charge in [-0.2, -0.15) is 0 Å². The molecule has 152 valence electrons. The number of rotatable bonds is 5.